The second-order valence-corrected chi connectivity index (χ2v) is 8.47. The molecule has 4 aromatic rings. The summed E-state index contributed by atoms with van der Waals surface area (Å²) in [6.07, 6.45) is 5.39. The van der Waals surface area contributed by atoms with Crippen LogP contribution in [0.5, 0.6) is 0 Å². The number of fused-ring (bicyclic) bond motifs is 1. The Morgan fingerprint density at radius 2 is 2.00 bits per heavy atom. The normalized spacial score (nSPS) is 14.9. The third-order valence-electron chi connectivity index (χ3n) is 5.62. The van der Waals surface area contributed by atoms with Gasteiger partial charge in [0.1, 0.15) is 0 Å². The number of anilines is 1. The van der Waals surface area contributed by atoms with Crippen LogP contribution in [0.4, 0.5) is 5.69 Å². The van der Waals surface area contributed by atoms with Crippen molar-refractivity contribution < 1.29 is 4.79 Å². The molecule has 0 unspecified atom stereocenters. The number of nitrogens with zero attached hydrogens (tertiary/aromatic N) is 2. The monoisotopic (exact) mass is 433 g/mol. The Labute approximate surface area is 182 Å². The van der Waals surface area contributed by atoms with Crippen LogP contribution in [0.15, 0.2) is 59.4 Å². The molecule has 1 aliphatic rings. The summed E-state index contributed by atoms with van der Waals surface area (Å²) in [4.78, 5) is 29.5. The van der Waals surface area contributed by atoms with Crippen LogP contribution in [0.1, 0.15) is 31.2 Å². The number of hydrogen-bond acceptors (Lipinski definition) is 3. The summed E-state index contributed by atoms with van der Waals surface area (Å²) in [5.41, 5.74) is 4.10. The van der Waals surface area contributed by atoms with Crippen molar-refractivity contribution in [2.45, 2.75) is 25.2 Å². The van der Waals surface area contributed by atoms with Crippen molar-refractivity contribution in [2.75, 3.05) is 5.32 Å². The van der Waals surface area contributed by atoms with E-state index < -0.39 is 0 Å². The van der Waals surface area contributed by atoms with E-state index >= 15 is 0 Å². The molecule has 2 heterocycles. The highest BCUT2D eigenvalue weighted by atomic mass is 35.5. The number of hydrogen-bond donors (Lipinski definition) is 3. The molecule has 0 spiro atoms. The van der Waals surface area contributed by atoms with Gasteiger partial charge in [0, 0.05) is 16.5 Å². The minimum absolute atomic E-state index is 0.0878. The number of carbonyl (C=O) groups excluding carboxylic acids is 1. The van der Waals surface area contributed by atoms with E-state index in [9.17, 15) is 9.59 Å². The van der Waals surface area contributed by atoms with Crippen LogP contribution in [-0.2, 0) is 10.2 Å². The number of amides is 1. The first-order valence-corrected chi connectivity index (χ1v) is 10.4. The molecule has 5 rings (SSSR count). The van der Waals surface area contributed by atoms with E-state index in [4.69, 9.17) is 16.7 Å². The highest BCUT2D eigenvalue weighted by Gasteiger charge is 2.41. The number of aromatic amines is 2. The smallest absolute Gasteiger partial charge is 0.321 e. The van der Waals surface area contributed by atoms with Crippen LogP contribution in [0.2, 0.25) is 5.02 Å². The molecule has 0 aliphatic heterocycles. The minimum Gasteiger partial charge on any atom is -0.321 e. The molecule has 2 aromatic carbocycles. The largest absolute Gasteiger partial charge is 0.323 e. The number of carbonyl (C=O) groups is 1. The van der Waals surface area contributed by atoms with Crippen molar-refractivity contribution >= 4 is 40.3 Å². The fourth-order valence-corrected chi connectivity index (χ4v) is 3.75. The average Bonchev–Trinajstić information content (AvgIpc) is 3.17. The molecule has 1 saturated carbocycles. The zero-order valence-corrected chi connectivity index (χ0v) is 17.5. The van der Waals surface area contributed by atoms with Gasteiger partial charge in [-0.3, -0.25) is 4.79 Å². The molecule has 0 bridgehead atoms. The molecule has 8 heteroatoms. The van der Waals surface area contributed by atoms with Gasteiger partial charge in [-0.15, -0.1) is 0 Å². The third kappa shape index (κ3) is 3.80. The maximum absolute atomic E-state index is 12.6. The summed E-state index contributed by atoms with van der Waals surface area (Å²) in [5, 5.41) is 8.23. The maximum Gasteiger partial charge on any atom is 0.323 e. The molecule has 0 radical (unpaired) electrons. The summed E-state index contributed by atoms with van der Waals surface area (Å²) >= 11 is 6.17. The lowest BCUT2D eigenvalue weighted by Crippen LogP contribution is -2.09. The molecule has 0 saturated heterocycles. The Bertz CT molecular complexity index is 1390. The van der Waals surface area contributed by atoms with E-state index in [0.29, 0.717) is 21.7 Å². The molecule has 7 nitrogen and oxygen atoms in total. The second kappa shape index (κ2) is 7.28. The van der Waals surface area contributed by atoms with Gasteiger partial charge in [-0.25, -0.2) is 9.48 Å². The van der Waals surface area contributed by atoms with Crippen LogP contribution in [0, 0.1) is 0 Å². The van der Waals surface area contributed by atoms with Crippen LogP contribution < -0.4 is 11.0 Å². The van der Waals surface area contributed by atoms with Crippen molar-refractivity contribution in [3.05, 3.63) is 81.5 Å². The molecule has 0 atom stereocenters. The predicted octanol–water partition coefficient (Wildman–Crippen LogP) is 4.40. The SMILES string of the molecule is CC1(c2cc(/C=C/C(=O)Nc3cccc4[nH]c(=O)[nH]c34)n(-c3cccc(Cl)c3)n2)CC1. The lowest BCUT2D eigenvalue weighted by molar-refractivity contribution is -0.111. The number of nitrogens with one attached hydrogen (secondary N) is 3. The van der Waals surface area contributed by atoms with Gasteiger partial charge < -0.3 is 15.3 Å². The van der Waals surface area contributed by atoms with Crippen molar-refractivity contribution in [1.82, 2.24) is 19.7 Å². The summed E-state index contributed by atoms with van der Waals surface area (Å²) in [6.45, 7) is 2.19. The molecule has 3 N–H and O–H groups in total. The van der Waals surface area contributed by atoms with Gasteiger partial charge in [0.25, 0.3) is 0 Å². The van der Waals surface area contributed by atoms with Gasteiger partial charge in [0.2, 0.25) is 5.91 Å². The Morgan fingerprint density at radius 1 is 1.19 bits per heavy atom. The van der Waals surface area contributed by atoms with Gasteiger partial charge >= 0.3 is 5.69 Å². The fraction of sp³-hybridized carbons (Fsp3) is 0.174. The van der Waals surface area contributed by atoms with Crippen molar-refractivity contribution in [3.63, 3.8) is 0 Å². The highest BCUT2D eigenvalue weighted by molar-refractivity contribution is 6.30. The highest BCUT2D eigenvalue weighted by Crippen LogP contribution is 2.47. The molecular formula is C23H20ClN5O2. The lowest BCUT2D eigenvalue weighted by atomic mass is 10.1. The van der Waals surface area contributed by atoms with Crippen LogP contribution in [-0.4, -0.2) is 25.7 Å². The molecule has 1 aliphatic carbocycles. The van der Waals surface area contributed by atoms with Crippen molar-refractivity contribution in [2.24, 2.45) is 0 Å². The zero-order valence-electron chi connectivity index (χ0n) is 16.8. The van der Waals surface area contributed by atoms with Crippen LogP contribution in [0.3, 0.4) is 0 Å². The second-order valence-electron chi connectivity index (χ2n) is 8.04. The Morgan fingerprint density at radius 3 is 2.77 bits per heavy atom. The van der Waals surface area contributed by atoms with E-state index in [2.05, 4.69) is 22.2 Å². The topological polar surface area (TPSA) is 95.6 Å². The van der Waals surface area contributed by atoms with Gasteiger partial charge in [0.15, 0.2) is 0 Å². The number of rotatable bonds is 5. The summed E-state index contributed by atoms with van der Waals surface area (Å²) in [5.74, 6) is -0.312. The van der Waals surface area contributed by atoms with Crippen LogP contribution >= 0.6 is 11.6 Å². The van der Waals surface area contributed by atoms with E-state index in [1.165, 1.54) is 6.08 Å². The number of halogens is 1. The number of benzene rings is 2. The first kappa shape index (κ1) is 19.4. The number of para-hydroxylation sites is 1. The molecule has 1 amide bonds. The number of H-pyrrole nitrogens is 2. The van der Waals surface area contributed by atoms with Gasteiger partial charge in [-0.2, -0.15) is 5.10 Å². The van der Waals surface area contributed by atoms with E-state index in [1.807, 2.05) is 30.3 Å². The first-order valence-electron chi connectivity index (χ1n) is 9.98. The summed E-state index contributed by atoms with van der Waals surface area (Å²) in [6, 6.07) is 14.7. The third-order valence-corrected chi connectivity index (χ3v) is 5.86. The molecule has 31 heavy (non-hydrogen) atoms. The lowest BCUT2D eigenvalue weighted by Gasteiger charge is -2.06. The van der Waals surface area contributed by atoms with Crippen LogP contribution in [0.25, 0.3) is 22.8 Å². The Balaban J connectivity index is 1.45. The molecule has 2 aromatic heterocycles. The Kier molecular flexibility index (Phi) is 4.55. The van der Waals surface area contributed by atoms with E-state index in [0.717, 1.165) is 29.9 Å². The predicted molar refractivity (Wildman–Crippen MR) is 122 cm³/mol. The molecule has 1 fully saturated rings. The van der Waals surface area contributed by atoms with Crippen molar-refractivity contribution in [1.29, 1.82) is 0 Å². The minimum atomic E-state index is -0.321. The number of aromatic nitrogens is 4. The van der Waals surface area contributed by atoms with Gasteiger partial charge in [0.05, 0.1) is 33.8 Å². The number of imidazole rings is 1. The van der Waals surface area contributed by atoms with Crippen molar-refractivity contribution in [3.8, 4) is 5.69 Å². The molecule has 156 valence electrons. The standard InChI is InChI=1S/C23H20ClN5O2/c1-23(10-11-23)19-13-16(29(28-19)15-5-2-4-14(24)12-15)8-9-20(30)25-17-6-3-7-18-21(17)27-22(31)26-18/h2-9,12-13H,10-11H2,1H3,(H,25,30)(H2,26,27,31)/b9-8+. The van der Waals surface area contributed by atoms with Gasteiger partial charge in [-0.1, -0.05) is 30.7 Å². The fourth-order valence-electron chi connectivity index (χ4n) is 3.57. The maximum atomic E-state index is 12.6. The van der Waals surface area contributed by atoms with E-state index in [1.54, 1.807) is 29.0 Å². The summed E-state index contributed by atoms with van der Waals surface area (Å²) in [7, 11) is 0. The molecular weight excluding hydrogens is 414 g/mol. The average molecular weight is 434 g/mol. The quantitative estimate of drug-likeness (QED) is 0.407. The van der Waals surface area contributed by atoms with Gasteiger partial charge in [-0.05, 0) is 55.3 Å². The van der Waals surface area contributed by atoms with E-state index in [-0.39, 0.29) is 17.0 Å². The first-order chi connectivity index (χ1) is 14.9. The zero-order chi connectivity index (χ0) is 21.6. The summed E-state index contributed by atoms with van der Waals surface area (Å²) < 4.78 is 1.80. The Hall–Kier alpha value is -3.58.